The van der Waals surface area contributed by atoms with E-state index in [1.54, 1.807) is 0 Å². The van der Waals surface area contributed by atoms with Gasteiger partial charge in [-0.15, -0.1) is 0 Å². The van der Waals surface area contributed by atoms with Crippen LogP contribution in [-0.2, 0) is 4.74 Å². The molecule has 0 aliphatic carbocycles. The molecule has 0 aliphatic rings. The highest BCUT2D eigenvalue weighted by atomic mass is 19.1. The second-order valence-corrected chi connectivity index (χ2v) is 6.87. The molecule has 1 rings (SSSR count). The maximum Gasteiger partial charge on any atom is 0.407 e. The van der Waals surface area contributed by atoms with E-state index in [9.17, 15) is 9.18 Å². The lowest BCUT2D eigenvalue weighted by Gasteiger charge is -2.22. The van der Waals surface area contributed by atoms with E-state index in [2.05, 4.69) is 17.2 Å². The minimum absolute atomic E-state index is 0.149. The van der Waals surface area contributed by atoms with Crippen LogP contribution in [0.25, 0.3) is 0 Å². The molecule has 1 aromatic heterocycles. The summed E-state index contributed by atoms with van der Waals surface area (Å²) in [5.41, 5.74) is -0.518. The van der Waals surface area contributed by atoms with Crippen LogP contribution in [0.4, 0.5) is 9.18 Å². The van der Waals surface area contributed by atoms with Crippen LogP contribution in [0.3, 0.4) is 0 Å². The molecule has 1 heterocycles. The molecule has 24 heavy (non-hydrogen) atoms. The summed E-state index contributed by atoms with van der Waals surface area (Å²) in [5, 5.41) is 2.79. The van der Waals surface area contributed by atoms with Gasteiger partial charge >= 0.3 is 6.09 Å². The van der Waals surface area contributed by atoms with E-state index in [-0.39, 0.29) is 5.92 Å². The minimum atomic E-state index is -0.518. The molecule has 136 valence electrons. The fraction of sp³-hybridized carbons (Fsp3) is 0.667. The molecule has 1 amide bonds. The third-order valence-electron chi connectivity index (χ3n) is 3.32. The molecule has 0 saturated heterocycles. The van der Waals surface area contributed by atoms with Gasteiger partial charge in [-0.2, -0.15) is 0 Å². The van der Waals surface area contributed by atoms with Crippen LogP contribution in [-0.4, -0.2) is 29.8 Å². The number of carbonyl (C=O) groups excluding carboxylic acids is 1. The Morgan fingerprint density at radius 3 is 2.67 bits per heavy atom. The number of unbranched alkanes of at least 4 members (excludes halogenated alkanes) is 2. The van der Waals surface area contributed by atoms with Gasteiger partial charge in [0, 0.05) is 18.5 Å². The van der Waals surface area contributed by atoms with Crippen molar-refractivity contribution in [1.29, 1.82) is 0 Å². The molecule has 1 atom stereocenters. The molecule has 5 nitrogen and oxygen atoms in total. The fourth-order valence-corrected chi connectivity index (χ4v) is 2.12. The molecule has 0 fully saturated rings. The van der Waals surface area contributed by atoms with Gasteiger partial charge in [0.15, 0.2) is 0 Å². The number of pyridine rings is 1. The third-order valence-corrected chi connectivity index (χ3v) is 3.32. The van der Waals surface area contributed by atoms with Crippen LogP contribution < -0.4 is 10.1 Å². The lowest BCUT2D eigenvalue weighted by molar-refractivity contribution is 0.0512. The van der Waals surface area contributed by atoms with Crippen molar-refractivity contribution in [2.75, 3.05) is 13.2 Å². The summed E-state index contributed by atoms with van der Waals surface area (Å²) in [7, 11) is 0. The predicted octanol–water partition coefficient (Wildman–Crippen LogP) is 4.32. The van der Waals surface area contributed by atoms with Gasteiger partial charge in [0.25, 0.3) is 0 Å². The van der Waals surface area contributed by atoms with E-state index < -0.39 is 17.5 Å². The zero-order chi connectivity index (χ0) is 18.0. The molecule has 0 aliphatic heterocycles. The Balaban J connectivity index is 2.46. The summed E-state index contributed by atoms with van der Waals surface area (Å²) in [6.45, 7) is 8.52. The SMILES string of the molecule is CCCCCC(CNC(=O)OC(C)(C)C)COc1ccc(F)cn1. The zero-order valence-electron chi connectivity index (χ0n) is 15.1. The molecule has 1 aromatic rings. The number of nitrogens with one attached hydrogen (secondary N) is 1. The molecular weight excluding hydrogens is 311 g/mol. The van der Waals surface area contributed by atoms with Crippen LogP contribution in [0.1, 0.15) is 53.4 Å². The van der Waals surface area contributed by atoms with Crippen molar-refractivity contribution in [3.63, 3.8) is 0 Å². The minimum Gasteiger partial charge on any atom is -0.477 e. The number of nitrogens with zero attached hydrogens (tertiary/aromatic N) is 1. The molecule has 0 radical (unpaired) electrons. The van der Waals surface area contributed by atoms with Gasteiger partial charge in [0.2, 0.25) is 5.88 Å². The molecule has 6 heteroatoms. The number of ether oxygens (including phenoxy) is 2. The number of alkyl carbamates (subject to hydrolysis) is 1. The van der Waals surface area contributed by atoms with Crippen molar-refractivity contribution in [3.8, 4) is 5.88 Å². The van der Waals surface area contributed by atoms with Crippen molar-refractivity contribution in [2.45, 2.75) is 59.0 Å². The van der Waals surface area contributed by atoms with Crippen LogP contribution in [0.2, 0.25) is 0 Å². The van der Waals surface area contributed by atoms with Gasteiger partial charge in [0.1, 0.15) is 11.4 Å². The smallest absolute Gasteiger partial charge is 0.407 e. The Kier molecular flexibility index (Phi) is 8.50. The van der Waals surface area contributed by atoms with E-state index in [1.165, 1.54) is 12.1 Å². The first-order valence-electron chi connectivity index (χ1n) is 8.51. The number of halogens is 1. The molecular formula is C18H29FN2O3. The third kappa shape index (κ3) is 9.33. The first-order chi connectivity index (χ1) is 11.3. The van der Waals surface area contributed by atoms with Crippen LogP contribution >= 0.6 is 0 Å². The van der Waals surface area contributed by atoms with Crippen LogP contribution in [0.5, 0.6) is 5.88 Å². The van der Waals surface area contributed by atoms with Crippen LogP contribution in [0.15, 0.2) is 18.3 Å². The van der Waals surface area contributed by atoms with Gasteiger partial charge < -0.3 is 14.8 Å². The van der Waals surface area contributed by atoms with Crippen molar-refractivity contribution in [1.82, 2.24) is 10.3 Å². The molecule has 0 bridgehead atoms. The maximum atomic E-state index is 12.9. The largest absolute Gasteiger partial charge is 0.477 e. The lowest BCUT2D eigenvalue weighted by atomic mass is 10.0. The van der Waals surface area contributed by atoms with E-state index in [0.29, 0.717) is 19.0 Å². The van der Waals surface area contributed by atoms with Gasteiger partial charge in [-0.05, 0) is 33.3 Å². The average Bonchev–Trinajstić information content (AvgIpc) is 2.49. The quantitative estimate of drug-likeness (QED) is 0.680. The number of amides is 1. The van der Waals surface area contributed by atoms with Crippen molar-refractivity contribution < 1.29 is 18.7 Å². The summed E-state index contributed by atoms with van der Waals surface area (Å²) in [5.74, 6) is 0.138. The van der Waals surface area contributed by atoms with Gasteiger partial charge in [-0.3, -0.25) is 0 Å². The highest BCUT2D eigenvalue weighted by Gasteiger charge is 2.18. The Morgan fingerprint density at radius 2 is 2.08 bits per heavy atom. The number of rotatable bonds is 9. The zero-order valence-corrected chi connectivity index (χ0v) is 15.1. The van der Waals surface area contributed by atoms with Crippen molar-refractivity contribution in [3.05, 3.63) is 24.1 Å². The van der Waals surface area contributed by atoms with Gasteiger partial charge in [-0.1, -0.05) is 26.2 Å². The number of hydrogen-bond donors (Lipinski definition) is 1. The highest BCUT2D eigenvalue weighted by molar-refractivity contribution is 5.67. The monoisotopic (exact) mass is 340 g/mol. The van der Waals surface area contributed by atoms with Gasteiger partial charge in [-0.25, -0.2) is 14.2 Å². The molecule has 0 spiro atoms. The van der Waals surface area contributed by atoms with Gasteiger partial charge in [0.05, 0.1) is 12.8 Å². The van der Waals surface area contributed by atoms with E-state index in [0.717, 1.165) is 31.9 Å². The Hall–Kier alpha value is -1.85. The number of aromatic nitrogens is 1. The van der Waals surface area contributed by atoms with Crippen LogP contribution in [0, 0.1) is 11.7 Å². The number of carbonyl (C=O) groups is 1. The van der Waals surface area contributed by atoms with Crippen molar-refractivity contribution >= 4 is 6.09 Å². The van der Waals surface area contributed by atoms with Crippen molar-refractivity contribution in [2.24, 2.45) is 5.92 Å². The fourth-order valence-electron chi connectivity index (χ4n) is 2.12. The standard InChI is InChI=1S/C18H29FN2O3/c1-5-6-7-8-14(11-21-17(22)24-18(2,3)4)13-23-16-10-9-15(19)12-20-16/h9-10,12,14H,5-8,11,13H2,1-4H3,(H,21,22). The predicted molar refractivity (Wildman–Crippen MR) is 91.6 cm³/mol. The van der Waals surface area contributed by atoms with E-state index >= 15 is 0 Å². The summed E-state index contributed by atoms with van der Waals surface area (Å²) in [6, 6.07) is 2.81. The van der Waals surface area contributed by atoms with E-state index in [1.807, 2.05) is 20.8 Å². The Morgan fingerprint density at radius 1 is 1.33 bits per heavy atom. The molecule has 0 saturated carbocycles. The Labute approximate surface area is 143 Å². The first-order valence-corrected chi connectivity index (χ1v) is 8.51. The maximum absolute atomic E-state index is 12.9. The summed E-state index contributed by atoms with van der Waals surface area (Å²) in [6.07, 6.45) is 4.97. The normalized spacial score (nSPS) is 12.5. The average molecular weight is 340 g/mol. The molecule has 1 N–H and O–H groups in total. The molecule has 0 aromatic carbocycles. The Bertz CT molecular complexity index is 486. The summed E-state index contributed by atoms with van der Waals surface area (Å²) >= 11 is 0. The summed E-state index contributed by atoms with van der Waals surface area (Å²) < 4.78 is 23.7. The first kappa shape index (κ1) is 20.2. The second kappa shape index (κ2) is 10.1. The highest BCUT2D eigenvalue weighted by Crippen LogP contribution is 2.14. The lowest BCUT2D eigenvalue weighted by Crippen LogP contribution is -2.36. The second-order valence-electron chi connectivity index (χ2n) is 6.87. The number of hydrogen-bond acceptors (Lipinski definition) is 4. The summed E-state index contributed by atoms with van der Waals surface area (Å²) in [4.78, 5) is 15.7. The van der Waals surface area contributed by atoms with E-state index in [4.69, 9.17) is 9.47 Å². The molecule has 1 unspecified atom stereocenters. The topological polar surface area (TPSA) is 60.5 Å².